The largest absolute Gasteiger partial charge is 0.506 e. The lowest BCUT2D eigenvalue weighted by Gasteiger charge is -2.08. The summed E-state index contributed by atoms with van der Waals surface area (Å²) in [5.74, 6) is -0.0234. The van der Waals surface area contributed by atoms with E-state index in [1.54, 1.807) is 12.1 Å². The molecule has 0 saturated carbocycles. The second-order valence-electron chi connectivity index (χ2n) is 4.24. The Morgan fingerprint density at radius 1 is 1.33 bits per heavy atom. The van der Waals surface area contributed by atoms with Crippen LogP contribution >= 0.6 is 11.6 Å². The average Bonchev–Trinajstić information content (AvgIpc) is 2.48. The first-order valence-electron chi connectivity index (χ1n) is 5.91. The highest BCUT2D eigenvalue weighted by molar-refractivity contribution is 6.32. The van der Waals surface area contributed by atoms with Crippen LogP contribution in [-0.2, 0) is 6.54 Å². The lowest BCUT2D eigenvalue weighted by atomic mass is 10.1. The summed E-state index contributed by atoms with van der Waals surface area (Å²) in [5, 5.41) is 32.2. The maximum atomic E-state index is 11.0. The van der Waals surface area contributed by atoms with E-state index in [4.69, 9.17) is 16.9 Å². The molecule has 0 unspecified atom stereocenters. The molecule has 0 aliphatic carbocycles. The molecule has 0 aliphatic rings. The van der Waals surface area contributed by atoms with Crippen molar-refractivity contribution in [1.82, 2.24) is 0 Å². The molecule has 0 atom stereocenters. The summed E-state index contributed by atoms with van der Waals surface area (Å²) in [6.45, 7) is 0.298. The smallest absolute Gasteiger partial charge is 0.293 e. The zero-order chi connectivity index (χ0) is 15.4. The van der Waals surface area contributed by atoms with E-state index in [2.05, 4.69) is 5.32 Å². The molecule has 2 rings (SSSR count). The number of phenolic OH excluding ortho intramolecular Hbond substituents is 1. The summed E-state index contributed by atoms with van der Waals surface area (Å²) in [6, 6.07) is 10.7. The molecular formula is C14H10ClN3O3. The fraction of sp³-hybridized carbons (Fsp3) is 0.0714. The van der Waals surface area contributed by atoms with Gasteiger partial charge in [0.1, 0.15) is 11.4 Å². The minimum Gasteiger partial charge on any atom is -0.506 e. The summed E-state index contributed by atoms with van der Waals surface area (Å²) in [5.41, 5.74) is 1.12. The molecule has 2 aromatic rings. The monoisotopic (exact) mass is 303 g/mol. The van der Waals surface area contributed by atoms with Gasteiger partial charge in [-0.15, -0.1) is 0 Å². The Morgan fingerprint density at radius 3 is 2.71 bits per heavy atom. The molecule has 2 aromatic carbocycles. The van der Waals surface area contributed by atoms with E-state index in [-0.39, 0.29) is 22.0 Å². The SMILES string of the molecule is N#Cc1ccc(NCc2ccc(O)c(Cl)c2)c([N+](=O)[O-])c1. The number of nitriles is 1. The number of halogens is 1. The van der Waals surface area contributed by atoms with Crippen molar-refractivity contribution < 1.29 is 10.0 Å². The average molecular weight is 304 g/mol. The second-order valence-corrected chi connectivity index (χ2v) is 4.65. The standard InChI is InChI=1S/C14H10ClN3O3/c15-11-5-10(2-4-14(11)19)8-17-12-3-1-9(7-16)6-13(12)18(20)21/h1-6,17,19H,8H2. The van der Waals surface area contributed by atoms with Crippen molar-refractivity contribution in [2.24, 2.45) is 0 Å². The van der Waals surface area contributed by atoms with E-state index in [1.165, 1.54) is 24.3 Å². The number of hydrogen-bond acceptors (Lipinski definition) is 5. The van der Waals surface area contributed by atoms with Crippen LogP contribution in [0.2, 0.25) is 5.02 Å². The molecule has 21 heavy (non-hydrogen) atoms. The number of phenols is 1. The Bertz CT molecular complexity index is 741. The molecule has 6 nitrogen and oxygen atoms in total. The van der Waals surface area contributed by atoms with Crippen LogP contribution in [0.25, 0.3) is 0 Å². The minimum atomic E-state index is -0.549. The molecule has 0 amide bonds. The number of hydrogen-bond donors (Lipinski definition) is 2. The first-order valence-corrected chi connectivity index (χ1v) is 6.29. The molecule has 2 N–H and O–H groups in total. The third-order valence-electron chi connectivity index (χ3n) is 2.82. The van der Waals surface area contributed by atoms with Gasteiger partial charge < -0.3 is 10.4 Å². The van der Waals surface area contributed by atoms with E-state index < -0.39 is 4.92 Å². The number of aromatic hydroxyl groups is 1. The number of nitro benzene ring substituents is 1. The van der Waals surface area contributed by atoms with Gasteiger partial charge in [0.05, 0.1) is 21.6 Å². The van der Waals surface area contributed by atoms with Crippen molar-refractivity contribution in [3.63, 3.8) is 0 Å². The van der Waals surface area contributed by atoms with Gasteiger partial charge >= 0.3 is 0 Å². The molecular weight excluding hydrogens is 294 g/mol. The normalized spacial score (nSPS) is 9.90. The van der Waals surface area contributed by atoms with Crippen molar-refractivity contribution in [2.75, 3.05) is 5.32 Å². The van der Waals surface area contributed by atoms with Crippen LogP contribution in [0.3, 0.4) is 0 Å². The van der Waals surface area contributed by atoms with E-state index in [0.717, 1.165) is 5.56 Å². The van der Waals surface area contributed by atoms with Gasteiger partial charge in [-0.3, -0.25) is 10.1 Å². The third kappa shape index (κ3) is 3.41. The quantitative estimate of drug-likeness (QED) is 0.666. The Labute approximate surface area is 125 Å². The zero-order valence-corrected chi connectivity index (χ0v) is 11.5. The van der Waals surface area contributed by atoms with Crippen molar-refractivity contribution in [3.05, 3.63) is 62.7 Å². The van der Waals surface area contributed by atoms with Crippen molar-refractivity contribution in [2.45, 2.75) is 6.54 Å². The summed E-state index contributed by atoms with van der Waals surface area (Å²) < 4.78 is 0. The predicted octanol–water partition coefficient (Wildman–Crippen LogP) is 3.44. The van der Waals surface area contributed by atoms with E-state index >= 15 is 0 Å². The zero-order valence-electron chi connectivity index (χ0n) is 10.7. The molecule has 106 valence electrons. The van der Waals surface area contributed by atoms with Crippen LogP contribution in [0.5, 0.6) is 5.75 Å². The number of nitrogens with one attached hydrogen (secondary N) is 1. The topological polar surface area (TPSA) is 99.2 Å². The number of rotatable bonds is 4. The van der Waals surface area contributed by atoms with Crippen LogP contribution in [-0.4, -0.2) is 10.0 Å². The van der Waals surface area contributed by atoms with Crippen LogP contribution in [0.15, 0.2) is 36.4 Å². The van der Waals surface area contributed by atoms with E-state index in [0.29, 0.717) is 12.2 Å². The molecule has 0 fully saturated rings. The highest BCUT2D eigenvalue weighted by atomic mass is 35.5. The van der Waals surface area contributed by atoms with Gasteiger partial charge in [0.2, 0.25) is 0 Å². The third-order valence-corrected chi connectivity index (χ3v) is 3.12. The van der Waals surface area contributed by atoms with Gasteiger partial charge in [0, 0.05) is 12.6 Å². The summed E-state index contributed by atoms with van der Waals surface area (Å²) >= 11 is 5.79. The molecule has 0 aliphatic heterocycles. The van der Waals surface area contributed by atoms with Crippen LogP contribution in [0.1, 0.15) is 11.1 Å². The first kappa shape index (κ1) is 14.6. The van der Waals surface area contributed by atoms with E-state index in [9.17, 15) is 15.2 Å². The van der Waals surface area contributed by atoms with E-state index in [1.807, 2.05) is 6.07 Å². The minimum absolute atomic E-state index is 0.0234. The molecule has 0 saturated heterocycles. The van der Waals surface area contributed by atoms with Crippen LogP contribution in [0, 0.1) is 21.4 Å². The number of anilines is 1. The fourth-order valence-corrected chi connectivity index (χ4v) is 1.96. The van der Waals surface area contributed by atoms with Gasteiger partial charge in [-0.2, -0.15) is 5.26 Å². The Hall–Kier alpha value is -2.78. The lowest BCUT2D eigenvalue weighted by Crippen LogP contribution is -2.03. The number of nitro groups is 1. The summed E-state index contributed by atoms with van der Waals surface area (Å²) in [6.07, 6.45) is 0. The summed E-state index contributed by atoms with van der Waals surface area (Å²) in [4.78, 5) is 10.5. The number of benzene rings is 2. The summed E-state index contributed by atoms with van der Waals surface area (Å²) in [7, 11) is 0. The molecule has 0 heterocycles. The predicted molar refractivity (Wildman–Crippen MR) is 78.3 cm³/mol. The lowest BCUT2D eigenvalue weighted by molar-refractivity contribution is -0.384. The fourth-order valence-electron chi connectivity index (χ4n) is 1.76. The molecule has 0 bridgehead atoms. The van der Waals surface area contributed by atoms with Crippen molar-refractivity contribution in [1.29, 1.82) is 5.26 Å². The maximum absolute atomic E-state index is 11.0. The Morgan fingerprint density at radius 2 is 2.10 bits per heavy atom. The van der Waals surface area contributed by atoms with Gasteiger partial charge in [-0.1, -0.05) is 17.7 Å². The second kappa shape index (κ2) is 6.11. The molecule has 0 spiro atoms. The van der Waals surface area contributed by atoms with Crippen LogP contribution in [0.4, 0.5) is 11.4 Å². The molecule has 0 aromatic heterocycles. The molecule has 7 heteroatoms. The maximum Gasteiger partial charge on any atom is 0.293 e. The highest BCUT2D eigenvalue weighted by Gasteiger charge is 2.14. The van der Waals surface area contributed by atoms with Crippen molar-refractivity contribution in [3.8, 4) is 11.8 Å². The molecule has 0 radical (unpaired) electrons. The Kier molecular flexibility index (Phi) is 4.26. The van der Waals surface area contributed by atoms with Gasteiger partial charge in [-0.25, -0.2) is 0 Å². The van der Waals surface area contributed by atoms with Gasteiger partial charge in [0.15, 0.2) is 0 Å². The van der Waals surface area contributed by atoms with Crippen LogP contribution < -0.4 is 5.32 Å². The van der Waals surface area contributed by atoms with Crippen molar-refractivity contribution >= 4 is 23.0 Å². The number of nitrogens with zero attached hydrogens (tertiary/aromatic N) is 2. The van der Waals surface area contributed by atoms with Gasteiger partial charge in [-0.05, 0) is 29.8 Å². The highest BCUT2D eigenvalue weighted by Crippen LogP contribution is 2.27. The first-order chi connectivity index (χ1) is 10.0. The van der Waals surface area contributed by atoms with Gasteiger partial charge in [0.25, 0.3) is 5.69 Å². The Balaban J connectivity index is 2.21.